The van der Waals surface area contributed by atoms with Gasteiger partial charge in [-0.25, -0.2) is 9.78 Å². The molecule has 1 N–H and O–H groups in total. The van der Waals surface area contributed by atoms with Gasteiger partial charge in [-0.15, -0.1) is 11.3 Å². The van der Waals surface area contributed by atoms with Gasteiger partial charge < -0.3 is 14.5 Å². The van der Waals surface area contributed by atoms with Crippen molar-refractivity contribution in [2.45, 2.75) is 27.7 Å². The van der Waals surface area contributed by atoms with E-state index in [1.165, 1.54) is 24.0 Å². The molecule has 3 heterocycles. The van der Waals surface area contributed by atoms with Gasteiger partial charge in [0.15, 0.2) is 0 Å². The fourth-order valence-corrected chi connectivity index (χ4v) is 4.59. The number of rotatable bonds is 4. The van der Waals surface area contributed by atoms with Crippen LogP contribution in [-0.4, -0.2) is 28.4 Å². The second-order valence-electron chi connectivity index (χ2n) is 7.58. The van der Waals surface area contributed by atoms with Crippen molar-refractivity contribution in [1.82, 2.24) is 9.38 Å². The number of esters is 1. The lowest BCUT2D eigenvalue weighted by atomic mass is 9.97. The van der Waals surface area contributed by atoms with Crippen LogP contribution in [0.25, 0.3) is 16.8 Å². The van der Waals surface area contributed by atoms with Crippen LogP contribution < -0.4 is 5.32 Å². The molecule has 0 atom stereocenters. The molecule has 4 rings (SSSR count). The number of fused-ring (bicyclic) bond motifs is 1. The van der Waals surface area contributed by atoms with Gasteiger partial charge in [0, 0.05) is 22.8 Å². The lowest BCUT2D eigenvalue weighted by molar-refractivity contribution is 0.0603. The first kappa shape index (κ1) is 20.8. The van der Waals surface area contributed by atoms with Crippen LogP contribution >= 0.6 is 11.3 Å². The van der Waals surface area contributed by atoms with Gasteiger partial charge in [-0.1, -0.05) is 18.2 Å². The van der Waals surface area contributed by atoms with Gasteiger partial charge in [0.05, 0.1) is 7.11 Å². The standard InChI is InChI=1S/C24H23N3O3S/c1-13-8-9-27-12-18(25-19(27)10-13)22(28)26-23-21(24(29)30-5)20(16(4)31-23)17-7-6-14(2)15(3)11-17/h6-12H,1-5H3,(H,26,28). The molecule has 0 aliphatic rings. The summed E-state index contributed by atoms with van der Waals surface area (Å²) in [7, 11) is 1.34. The molecule has 3 aromatic heterocycles. The summed E-state index contributed by atoms with van der Waals surface area (Å²) in [6.45, 7) is 7.99. The number of ether oxygens (including phenoxy) is 1. The molecule has 1 aromatic carbocycles. The Kier molecular flexibility index (Phi) is 5.37. The highest BCUT2D eigenvalue weighted by Gasteiger charge is 2.26. The number of pyridine rings is 1. The summed E-state index contributed by atoms with van der Waals surface area (Å²) in [6.07, 6.45) is 3.54. The Balaban J connectivity index is 1.76. The summed E-state index contributed by atoms with van der Waals surface area (Å²) < 4.78 is 6.85. The molecule has 7 heteroatoms. The second kappa shape index (κ2) is 8.00. The third-order valence-corrected chi connectivity index (χ3v) is 6.37. The maximum Gasteiger partial charge on any atom is 0.341 e. The number of aryl methyl sites for hydroxylation is 4. The molecule has 0 spiro atoms. The molecule has 0 aliphatic carbocycles. The van der Waals surface area contributed by atoms with E-state index < -0.39 is 5.97 Å². The third kappa shape index (κ3) is 3.84. The van der Waals surface area contributed by atoms with Gasteiger partial charge in [-0.05, 0) is 62.1 Å². The van der Waals surface area contributed by atoms with Crippen LogP contribution in [-0.2, 0) is 4.74 Å². The van der Waals surface area contributed by atoms with Crippen molar-refractivity contribution in [1.29, 1.82) is 0 Å². The summed E-state index contributed by atoms with van der Waals surface area (Å²) in [5, 5.41) is 3.33. The van der Waals surface area contributed by atoms with E-state index in [4.69, 9.17) is 4.74 Å². The van der Waals surface area contributed by atoms with E-state index in [1.54, 1.807) is 10.6 Å². The Bertz CT molecular complexity index is 1330. The molecule has 31 heavy (non-hydrogen) atoms. The summed E-state index contributed by atoms with van der Waals surface area (Å²) in [5.74, 6) is -0.863. The number of nitrogens with one attached hydrogen (secondary N) is 1. The van der Waals surface area contributed by atoms with Crippen LogP contribution in [0.15, 0.2) is 42.7 Å². The van der Waals surface area contributed by atoms with Gasteiger partial charge in [0.2, 0.25) is 0 Å². The number of carbonyl (C=O) groups excluding carboxylic acids is 2. The Morgan fingerprint density at radius 1 is 1.06 bits per heavy atom. The van der Waals surface area contributed by atoms with Gasteiger partial charge in [-0.2, -0.15) is 0 Å². The number of carbonyl (C=O) groups is 2. The number of methoxy groups -OCH3 is 1. The van der Waals surface area contributed by atoms with Crippen LogP contribution in [0.3, 0.4) is 0 Å². The van der Waals surface area contributed by atoms with Gasteiger partial charge in [0.25, 0.3) is 5.91 Å². The van der Waals surface area contributed by atoms with E-state index in [-0.39, 0.29) is 11.6 Å². The molecule has 1 amide bonds. The Labute approximate surface area is 184 Å². The largest absolute Gasteiger partial charge is 0.465 e. The summed E-state index contributed by atoms with van der Waals surface area (Å²) in [6, 6.07) is 9.92. The topological polar surface area (TPSA) is 72.7 Å². The van der Waals surface area contributed by atoms with E-state index in [2.05, 4.69) is 10.3 Å². The molecule has 0 radical (unpaired) electrons. The van der Waals surface area contributed by atoms with Crippen molar-refractivity contribution in [2.24, 2.45) is 0 Å². The minimum Gasteiger partial charge on any atom is -0.465 e. The fraction of sp³-hybridized carbons (Fsp3) is 0.208. The zero-order chi connectivity index (χ0) is 22.3. The molecule has 0 saturated heterocycles. The summed E-state index contributed by atoms with van der Waals surface area (Å²) in [5.41, 5.74) is 6.39. The molecule has 158 valence electrons. The van der Waals surface area contributed by atoms with E-state index in [9.17, 15) is 9.59 Å². The molecule has 0 fully saturated rings. The van der Waals surface area contributed by atoms with Crippen molar-refractivity contribution >= 4 is 33.9 Å². The zero-order valence-electron chi connectivity index (χ0n) is 18.1. The molecule has 0 aliphatic heterocycles. The van der Waals surface area contributed by atoms with E-state index in [0.717, 1.165) is 27.1 Å². The van der Waals surface area contributed by atoms with Crippen molar-refractivity contribution in [2.75, 3.05) is 12.4 Å². The maximum atomic E-state index is 13.0. The first-order valence-corrected chi connectivity index (χ1v) is 10.7. The van der Waals surface area contributed by atoms with E-state index in [1.807, 2.05) is 64.2 Å². The highest BCUT2D eigenvalue weighted by molar-refractivity contribution is 7.17. The number of anilines is 1. The summed E-state index contributed by atoms with van der Waals surface area (Å²) in [4.78, 5) is 31.0. The van der Waals surface area contributed by atoms with Crippen LogP contribution in [0.1, 0.15) is 42.4 Å². The Morgan fingerprint density at radius 3 is 2.55 bits per heavy atom. The number of nitrogens with zero attached hydrogens (tertiary/aromatic N) is 2. The Hall–Kier alpha value is -3.45. The molecule has 4 aromatic rings. The van der Waals surface area contributed by atoms with E-state index in [0.29, 0.717) is 16.2 Å². The highest BCUT2D eigenvalue weighted by Crippen LogP contribution is 2.41. The minimum atomic E-state index is -0.487. The van der Waals surface area contributed by atoms with Crippen molar-refractivity contribution < 1.29 is 14.3 Å². The van der Waals surface area contributed by atoms with E-state index >= 15 is 0 Å². The first-order valence-electron chi connectivity index (χ1n) is 9.84. The summed E-state index contributed by atoms with van der Waals surface area (Å²) >= 11 is 1.35. The van der Waals surface area contributed by atoms with Gasteiger partial charge >= 0.3 is 5.97 Å². The number of amides is 1. The average Bonchev–Trinajstić information content (AvgIpc) is 3.30. The van der Waals surface area contributed by atoms with Crippen molar-refractivity contribution in [3.05, 3.63) is 75.6 Å². The predicted octanol–water partition coefficient (Wildman–Crippen LogP) is 5.34. The normalized spacial score (nSPS) is 11.0. The highest BCUT2D eigenvalue weighted by atomic mass is 32.1. The SMILES string of the molecule is COC(=O)c1c(NC(=O)c2cn3ccc(C)cc3n2)sc(C)c1-c1ccc(C)c(C)c1. The van der Waals surface area contributed by atoms with Crippen LogP contribution in [0, 0.1) is 27.7 Å². The third-order valence-electron chi connectivity index (χ3n) is 5.34. The zero-order valence-corrected chi connectivity index (χ0v) is 18.9. The van der Waals surface area contributed by atoms with Crippen LogP contribution in [0.4, 0.5) is 5.00 Å². The lowest BCUT2D eigenvalue weighted by Crippen LogP contribution is -2.14. The number of hydrogen-bond donors (Lipinski definition) is 1. The van der Waals surface area contributed by atoms with Gasteiger partial charge in [0.1, 0.15) is 21.9 Å². The fourth-order valence-electron chi connectivity index (χ4n) is 3.53. The van der Waals surface area contributed by atoms with Crippen molar-refractivity contribution in [3.8, 4) is 11.1 Å². The average molecular weight is 434 g/mol. The number of aromatic nitrogens is 2. The lowest BCUT2D eigenvalue weighted by Gasteiger charge is -2.09. The molecule has 6 nitrogen and oxygen atoms in total. The number of thiophene rings is 1. The van der Waals surface area contributed by atoms with Gasteiger partial charge in [-0.3, -0.25) is 4.79 Å². The quantitative estimate of drug-likeness (QED) is 0.441. The minimum absolute atomic E-state index is 0.278. The second-order valence-corrected chi connectivity index (χ2v) is 8.80. The van der Waals surface area contributed by atoms with Crippen molar-refractivity contribution in [3.63, 3.8) is 0 Å². The van der Waals surface area contributed by atoms with Crippen LogP contribution in [0.2, 0.25) is 0 Å². The Morgan fingerprint density at radius 2 is 1.84 bits per heavy atom. The molecule has 0 bridgehead atoms. The number of hydrogen-bond acceptors (Lipinski definition) is 5. The molecular weight excluding hydrogens is 410 g/mol. The first-order chi connectivity index (χ1) is 14.8. The van der Waals surface area contributed by atoms with Crippen LogP contribution in [0.5, 0.6) is 0 Å². The monoisotopic (exact) mass is 433 g/mol. The molecule has 0 unspecified atom stereocenters. The predicted molar refractivity (Wildman–Crippen MR) is 123 cm³/mol. The maximum absolute atomic E-state index is 13.0. The number of imidazole rings is 1. The number of benzene rings is 1. The molecule has 0 saturated carbocycles. The smallest absolute Gasteiger partial charge is 0.341 e. The molecular formula is C24H23N3O3S.